The van der Waals surface area contributed by atoms with E-state index in [1.165, 1.54) is 6.33 Å². The lowest BCUT2D eigenvalue weighted by molar-refractivity contribution is -0.130. The predicted molar refractivity (Wildman–Crippen MR) is 95.8 cm³/mol. The summed E-state index contributed by atoms with van der Waals surface area (Å²) in [6.07, 6.45) is 4.16. The molecule has 144 valence electrons. The molecule has 1 unspecified atom stereocenters. The van der Waals surface area contributed by atoms with Gasteiger partial charge in [0.1, 0.15) is 12.0 Å². The van der Waals surface area contributed by atoms with Gasteiger partial charge in [-0.05, 0) is 12.5 Å². The molecule has 0 saturated carbocycles. The first kappa shape index (κ1) is 18.9. The molecule has 3 rings (SSSR count). The predicted octanol–water partition coefficient (Wildman–Crippen LogP) is 1.29. The first-order chi connectivity index (χ1) is 13.0. The summed E-state index contributed by atoms with van der Waals surface area (Å²) >= 11 is 0. The Hall–Kier alpha value is -2.84. The van der Waals surface area contributed by atoms with Crippen molar-refractivity contribution in [2.24, 2.45) is 0 Å². The van der Waals surface area contributed by atoms with E-state index < -0.39 is 0 Å². The van der Waals surface area contributed by atoms with E-state index >= 15 is 0 Å². The molecule has 2 amide bonds. The quantitative estimate of drug-likeness (QED) is 0.752. The highest BCUT2D eigenvalue weighted by atomic mass is 16.5. The normalized spacial score (nSPS) is 16.7. The molecule has 2 aromatic rings. The van der Waals surface area contributed by atoms with Crippen LogP contribution < -0.4 is 0 Å². The fraction of sp³-hybridized carbons (Fsp3) is 0.556. The van der Waals surface area contributed by atoms with E-state index in [1.807, 2.05) is 13.8 Å². The maximum absolute atomic E-state index is 12.5. The van der Waals surface area contributed by atoms with Crippen molar-refractivity contribution >= 4 is 11.8 Å². The second-order valence-electron chi connectivity index (χ2n) is 6.95. The van der Waals surface area contributed by atoms with Crippen LogP contribution in [0, 0.1) is 0 Å². The minimum absolute atomic E-state index is 0.0234. The molecule has 27 heavy (non-hydrogen) atoms. The summed E-state index contributed by atoms with van der Waals surface area (Å²) in [4.78, 5) is 40.4. The third kappa shape index (κ3) is 4.47. The Morgan fingerprint density at radius 1 is 1.41 bits per heavy atom. The molecule has 0 aliphatic carbocycles. The molecule has 1 aliphatic heterocycles. The van der Waals surface area contributed by atoms with E-state index in [4.69, 9.17) is 4.52 Å². The Labute approximate surface area is 157 Å². The Morgan fingerprint density at radius 3 is 2.85 bits per heavy atom. The molecule has 9 heteroatoms. The van der Waals surface area contributed by atoms with Crippen LogP contribution >= 0.6 is 0 Å². The lowest BCUT2D eigenvalue weighted by Gasteiger charge is -2.27. The summed E-state index contributed by atoms with van der Waals surface area (Å²) in [6, 6.07) is 1.57. The van der Waals surface area contributed by atoms with E-state index in [2.05, 4.69) is 20.1 Å². The van der Waals surface area contributed by atoms with Crippen molar-refractivity contribution < 1.29 is 14.1 Å². The van der Waals surface area contributed by atoms with Crippen LogP contribution in [0.1, 0.15) is 55.3 Å². The maximum atomic E-state index is 12.5. The second-order valence-corrected chi connectivity index (χ2v) is 6.95. The molecule has 1 fully saturated rings. The second kappa shape index (κ2) is 8.24. The Balaban J connectivity index is 1.60. The van der Waals surface area contributed by atoms with E-state index in [0.717, 1.165) is 6.42 Å². The minimum atomic E-state index is -0.136. The fourth-order valence-electron chi connectivity index (χ4n) is 3.18. The van der Waals surface area contributed by atoms with Crippen molar-refractivity contribution in [2.75, 3.05) is 19.6 Å². The average Bonchev–Trinajstić information content (AvgIpc) is 3.32. The molecule has 1 aliphatic rings. The van der Waals surface area contributed by atoms with E-state index in [1.54, 1.807) is 29.0 Å². The van der Waals surface area contributed by atoms with Crippen molar-refractivity contribution in [1.82, 2.24) is 29.9 Å². The number of carbonyl (C=O) groups is 2. The van der Waals surface area contributed by atoms with Crippen LogP contribution in [-0.4, -0.2) is 67.4 Å². The van der Waals surface area contributed by atoms with Gasteiger partial charge in [0, 0.05) is 45.1 Å². The van der Waals surface area contributed by atoms with Crippen LogP contribution in [0.25, 0.3) is 0 Å². The number of carbonyl (C=O) groups excluding carboxylic acids is 2. The first-order valence-corrected chi connectivity index (χ1v) is 9.10. The third-order valence-corrected chi connectivity index (χ3v) is 4.65. The highest BCUT2D eigenvalue weighted by Gasteiger charge is 2.32. The molecule has 0 spiro atoms. The summed E-state index contributed by atoms with van der Waals surface area (Å²) in [6.45, 7) is 7.10. The van der Waals surface area contributed by atoms with Crippen LogP contribution in [0.15, 0.2) is 23.1 Å². The van der Waals surface area contributed by atoms with Gasteiger partial charge in [-0.1, -0.05) is 19.0 Å². The van der Waals surface area contributed by atoms with Crippen molar-refractivity contribution in [1.29, 1.82) is 0 Å². The maximum Gasteiger partial charge on any atom is 0.272 e. The van der Waals surface area contributed by atoms with E-state index in [9.17, 15) is 9.59 Å². The SMILES string of the molecule is CC(=O)N(CCc1noc(C(C)C)n1)C1CCN(C(=O)c2ccncn2)C1. The lowest BCUT2D eigenvalue weighted by atomic mass is 10.2. The summed E-state index contributed by atoms with van der Waals surface area (Å²) < 4.78 is 5.21. The highest BCUT2D eigenvalue weighted by molar-refractivity contribution is 5.92. The number of likely N-dealkylation sites (tertiary alicyclic amines) is 1. The standard InChI is InChI=1S/C18H24N6O3/c1-12(2)17-21-16(22-27-17)6-9-24(13(3)25)14-5-8-23(10-14)18(26)15-4-7-19-11-20-15/h4,7,11-12,14H,5-6,8-10H2,1-3H3. The van der Waals surface area contributed by atoms with Gasteiger partial charge in [-0.2, -0.15) is 4.98 Å². The van der Waals surface area contributed by atoms with E-state index in [-0.39, 0.29) is 23.8 Å². The Bertz CT molecular complexity index is 791. The number of nitrogens with zero attached hydrogens (tertiary/aromatic N) is 6. The van der Waals surface area contributed by atoms with Crippen LogP contribution in [-0.2, 0) is 11.2 Å². The minimum Gasteiger partial charge on any atom is -0.339 e. The number of amides is 2. The number of aromatic nitrogens is 4. The zero-order chi connectivity index (χ0) is 19.4. The summed E-state index contributed by atoms with van der Waals surface area (Å²) in [5.41, 5.74) is 0.369. The molecule has 0 radical (unpaired) electrons. The van der Waals surface area contributed by atoms with Gasteiger partial charge in [0.05, 0.1) is 6.04 Å². The smallest absolute Gasteiger partial charge is 0.272 e. The first-order valence-electron chi connectivity index (χ1n) is 9.10. The van der Waals surface area contributed by atoms with Crippen molar-refractivity contribution in [3.63, 3.8) is 0 Å². The Morgan fingerprint density at radius 2 is 2.22 bits per heavy atom. The molecule has 0 N–H and O–H groups in total. The van der Waals surface area contributed by atoms with Crippen molar-refractivity contribution in [3.05, 3.63) is 36.0 Å². The summed E-state index contributed by atoms with van der Waals surface area (Å²) in [5.74, 6) is 1.21. The lowest BCUT2D eigenvalue weighted by Crippen LogP contribution is -2.42. The zero-order valence-corrected chi connectivity index (χ0v) is 15.8. The van der Waals surface area contributed by atoms with Crippen molar-refractivity contribution in [3.8, 4) is 0 Å². The molecule has 3 heterocycles. The van der Waals surface area contributed by atoms with Crippen molar-refractivity contribution in [2.45, 2.75) is 45.6 Å². The average molecular weight is 372 g/mol. The number of hydrogen-bond donors (Lipinski definition) is 0. The van der Waals surface area contributed by atoms with Gasteiger partial charge in [-0.3, -0.25) is 9.59 Å². The van der Waals surface area contributed by atoms with Gasteiger partial charge in [0.25, 0.3) is 5.91 Å². The van der Waals surface area contributed by atoms with Gasteiger partial charge < -0.3 is 14.3 Å². The van der Waals surface area contributed by atoms with Crippen LogP contribution in [0.5, 0.6) is 0 Å². The Kier molecular flexibility index (Phi) is 5.78. The molecule has 0 aromatic carbocycles. The van der Waals surface area contributed by atoms with Gasteiger partial charge in [0.15, 0.2) is 5.82 Å². The number of hydrogen-bond acceptors (Lipinski definition) is 7. The van der Waals surface area contributed by atoms with Gasteiger partial charge in [0.2, 0.25) is 11.8 Å². The topological polar surface area (TPSA) is 105 Å². The summed E-state index contributed by atoms with van der Waals surface area (Å²) in [7, 11) is 0. The highest BCUT2D eigenvalue weighted by Crippen LogP contribution is 2.19. The molecular formula is C18H24N6O3. The van der Waals surface area contributed by atoms with Gasteiger partial charge >= 0.3 is 0 Å². The molecule has 1 saturated heterocycles. The largest absolute Gasteiger partial charge is 0.339 e. The molecule has 1 atom stereocenters. The molecular weight excluding hydrogens is 348 g/mol. The van der Waals surface area contributed by atoms with Crippen LogP contribution in [0.4, 0.5) is 0 Å². The third-order valence-electron chi connectivity index (χ3n) is 4.65. The molecule has 0 bridgehead atoms. The fourth-order valence-corrected chi connectivity index (χ4v) is 3.18. The summed E-state index contributed by atoms with van der Waals surface area (Å²) in [5, 5.41) is 3.98. The van der Waals surface area contributed by atoms with Gasteiger partial charge in [-0.15, -0.1) is 0 Å². The van der Waals surface area contributed by atoms with Crippen LogP contribution in [0.2, 0.25) is 0 Å². The molecule has 2 aromatic heterocycles. The monoisotopic (exact) mass is 372 g/mol. The zero-order valence-electron chi connectivity index (χ0n) is 15.8. The number of rotatable bonds is 6. The van der Waals surface area contributed by atoms with E-state index in [0.29, 0.717) is 43.5 Å². The van der Waals surface area contributed by atoms with Crippen LogP contribution in [0.3, 0.4) is 0 Å². The molecule has 9 nitrogen and oxygen atoms in total. The van der Waals surface area contributed by atoms with Gasteiger partial charge in [-0.25, -0.2) is 9.97 Å².